The first-order valence-electron chi connectivity index (χ1n) is 6.20. The van der Waals surface area contributed by atoms with E-state index in [9.17, 15) is 21.6 Å². The van der Waals surface area contributed by atoms with Gasteiger partial charge in [-0.2, -0.15) is 4.31 Å². The summed E-state index contributed by atoms with van der Waals surface area (Å²) in [6.45, 7) is -0.0598. The van der Waals surface area contributed by atoms with Crippen LogP contribution in [0.1, 0.15) is 15.9 Å². The maximum Gasteiger partial charge on any atom is 0.335 e. The van der Waals surface area contributed by atoms with Gasteiger partial charge >= 0.3 is 5.97 Å². The third kappa shape index (κ3) is 4.02. The first-order valence-corrected chi connectivity index (χ1v) is 9.63. The van der Waals surface area contributed by atoms with E-state index in [1.807, 2.05) is 0 Å². The fourth-order valence-electron chi connectivity index (χ4n) is 2.02. The quantitative estimate of drug-likeness (QED) is 0.827. The summed E-state index contributed by atoms with van der Waals surface area (Å²) in [4.78, 5) is 10.7. The summed E-state index contributed by atoms with van der Waals surface area (Å²) in [6, 6.07) is 5.57. The highest BCUT2D eigenvalue weighted by molar-refractivity contribution is 7.92. The lowest BCUT2D eigenvalue weighted by molar-refractivity contribution is 0.0697. The summed E-state index contributed by atoms with van der Waals surface area (Å²) in [6.07, 6.45) is 0. The molecular weight excluding hydrogens is 318 g/mol. The maximum absolute atomic E-state index is 12.2. The van der Waals surface area contributed by atoms with Gasteiger partial charge in [0, 0.05) is 13.1 Å². The lowest BCUT2D eigenvalue weighted by Gasteiger charge is -2.25. The van der Waals surface area contributed by atoms with Crippen LogP contribution < -0.4 is 0 Å². The molecule has 1 fully saturated rings. The van der Waals surface area contributed by atoms with Crippen LogP contribution in [0.3, 0.4) is 0 Å². The third-order valence-corrected chi connectivity index (χ3v) is 6.71. The first-order chi connectivity index (χ1) is 9.70. The molecule has 9 heteroatoms. The molecule has 0 saturated carbocycles. The third-order valence-electron chi connectivity index (χ3n) is 3.25. The minimum Gasteiger partial charge on any atom is -0.478 e. The maximum atomic E-state index is 12.2. The standard InChI is InChI=1S/C12H15NO6S2/c14-12(15)11-3-1-10(2-4-11)9-21(18,19)13-5-7-20(16,17)8-6-13/h1-4H,5-9H2,(H,14,15). The van der Waals surface area contributed by atoms with Crippen LogP contribution in [0.2, 0.25) is 0 Å². The number of aromatic carboxylic acids is 1. The van der Waals surface area contributed by atoms with Crippen molar-refractivity contribution in [2.75, 3.05) is 24.6 Å². The van der Waals surface area contributed by atoms with Crippen molar-refractivity contribution in [3.8, 4) is 0 Å². The topological polar surface area (TPSA) is 109 Å². The molecule has 1 aromatic carbocycles. The minimum atomic E-state index is -3.60. The van der Waals surface area contributed by atoms with Gasteiger partial charge in [-0.25, -0.2) is 21.6 Å². The molecule has 0 aliphatic carbocycles. The van der Waals surface area contributed by atoms with Crippen LogP contribution in [-0.2, 0) is 25.6 Å². The second kappa shape index (κ2) is 5.74. The van der Waals surface area contributed by atoms with Gasteiger partial charge in [-0.15, -0.1) is 0 Å². The van der Waals surface area contributed by atoms with Crippen molar-refractivity contribution in [1.29, 1.82) is 0 Å². The molecule has 0 atom stereocenters. The Hall–Kier alpha value is -1.45. The van der Waals surface area contributed by atoms with Crippen molar-refractivity contribution in [2.24, 2.45) is 0 Å². The van der Waals surface area contributed by atoms with E-state index in [1.165, 1.54) is 28.6 Å². The van der Waals surface area contributed by atoms with E-state index < -0.39 is 25.8 Å². The number of sulfone groups is 1. The van der Waals surface area contributed by atoms with Gasteiger partial charge in [0.1, 0.15) is 0 Å². The molecule has 2 rings (SSSR count). The predicted molar refractivity (Wildman–Crippen MR) is 76.3 cm³/mol. The van der Waals surface area contributed by atoms with Crippen LogP contribution >= 0.6 is 0 Å². The van der Waals surface area contributed by atoms with Crippen molar-refractivity contribution in [1.82, 2.24) is 4.31 Å². The molecule has 1 aromatic rings. The number of carboxylic acid groups (broad SMARTS) is 1. The van der Waals surface area contributed by atoms with Gasteiger partial charge in [0.15, 0.2) is 9.84 Å². The Morgan fingerprint density at radius 1 is 1.14 bits per heavy atom. The summed E-state index contributed by atoms with van der Waals surface area (Å²) in [7, 11) is -6.73. The van der Waals surface area contributed by atoms with Gasteiger partial charge in [-0.05, 0) is 17.7 Å². The summed E-state index contributed by atoms with van der Waals surface area (Å²) in [5, 5.41) is 8.78. The number of benzene rings is 1. The summed E-state index contributed by atoms with van der Waals surface area (Å²) in [5.41, 5.74) is 0.550. The summed E-state index contributed by atoms with van der Waals surface area (Å²) < 4.78 is 48.2. The van der Waals surface area contributed by atoms with E-state index in [4.69, 9.17) is 5.11 Å². The molecule has 0 radical (unpaired) electrons. The minimum absolute atomic E-state index is 0.0299. The molecule has 1 saturated heterocycles. The molecule has 1 N–H and O–H groups in total. The second-order valence-corrected chi connectivity index (χ2v) is 9.08. The Morgan fingerprint density at radius 2 is 1.67 bits per heavy atom. The lowest BCUT2D eigenvalue weighted by Crippen LogP contribution is -2.44. The molecule has 1 aliphatic rings. The van der Waals surface area contributed by atoms with Crippen molar-refractivity contribution < 1.29 is 26.7 Å². The van der Waals surface area contributed by atoms with Crippen LogP contribution in [0.25, 0.3) is 0 Å². The highest BCUT2D eigenvalue weighted by atomic mass is 32.2. The second-order valence-electron chi connectivity index (χ2n) is 4.81. The first kappa shape index (κ1) is 15.9. The zero-order valence-electron chi connectivity index (χ0n) is 11.1. The monoisotopic (exact) mass is 333 g/mol. The van der Waals surface area contributed by atoms with Gasteiger partial charge < -0.3 is 5.11 Å². The molecule has 0 bridgehead atoms. The average molecular weight is 333 g/mol. The fraction of sp³-hybridized carbons (Fsp3) is 0.417. The van der Waals surface area contributed by atoms with Crippen LogP contribution in [0.5, 0.6) is 0 Å². The zero-order valence-corrected chi connectivity index (χ0v) is 12.7. The molecule has 116 valence electrons. The Labute approximate surface area is 123 Å². The van der Waals surface area contributed by atoms with Gasteiger partial charge in [0.2, 0.25) is 10.0 Å². The zero-order chi connectivity index (χ0) is 15.7. The van der Waals surface area contributed by atoms with E-state index in [0.717, 1.165) is 0 Å². The van der Waals surface area contributed by atoms with E-state index >= 15 is 0 Å². The number of hydrogen-bond acceptors (Lipinski definition) is 5. The van der Waals surface area contributed by atoms with Crippen molar-refractivity contribution >= 4 is 25.8 Å². The van der Waals surface area contributed by atoms with E-state index in [1.54, 1.807) is 0 Å². The van der Waals surface area contributed by atoms with Gasteiger partial charge in [-0.1, -0.05) is 12.1 Å². The number of hydrogen-bond donors (Lipinski definition) is 1. The molecule has 0 unspecified atom stereocenters. The Bertz CT molecular complexity index is 722. The van der Waals surface area contributed by atoms with Gasteiger partial charge in [-0.3, -0.25) is 0 Å². The van der Waals surface area contributed by atoms with Crippen molar-refractivity contribution in [3.63, 3.8) is 0 Å². The number of carbonyl (C=O) groups is 1. The fourth-order valence-corrected chi connectivity index (χ4v) is 4.99. The SMILES string of the molecule is O=C(O)c1ccc(CS(=O)(=O)N2CCS(=O)(=O)CC2)cc1. The molecule has 1 aliphatic heterocycles. The summed E-state index contributed by atoms with van der Waals surface area (Å²) in [5.74, 6) is -1.67. The molecule has 21 heavy (non-hydrogen) atoms. The van der Waals surface area contributed by atoms with Crippen LogP contribution in [0.15, 0.2) is 24.3 Å². The molecule has 7 nitrogen and oxygen atoms in total. The number of nitrogens with zero attached hydrogens (tertiary/aromatic N) is 1. The Morgan fingerprint density at radius 3 is 2.14 bits per heavy atom. The molecular formula is C12H15NO6S2. The Balaban J connectivity index is 2.09. The van der Waals surface area contributed by atoms with Crippen LogP contribution in [-0.4, -0.2) is 56.8 Å². The molecule has 0 spiro atoms. The van der Waals surface area contributed by atoms with Gasteiger partial charge in [0.25, 0.3) is 0 Å². The van der Waals surface area contributed by atoms with Crippen molar-refractivity contribution in [2.45, 2.75) is 5.75 Å². The van der Waals surface area contributed by atoms with Gasteiger partial charge in [0.05, 0.1) is 22.8 Å². The van der Waals surface area contributed by atoms with E-state index in [0.29, 0.717) is 5.56 Å². The van der Waals surface area contributed by atoms with E-state index in [-0.39, 0.29) is 35.9 Å². The lowest BCUT2D eigenvalue weighted by atomic mass is 10.1. The molecule has 0 amide bonds. The molecule has 1 heterocycles. The normalized spacial score (nSPS) is 19.2. The predicted octanol–water partition coefficient (Wildman–Crippen LogP) is -0.0550. The van der Waals surface area contributed by atoms with Crippen LogP contribution in [0, 0.1) is 0 Å². The number of rotatable bonds is 4. The van der Waals surface area contributed by atoms with E-state index in [2.05, 4.69) is 0 Å². The number of sulfonamides is 1. The summed E-state index contributed by atoms with van der Waals surface area (Å²) >= 11 is 0. The smallest absolute Gasteiger partial charge is 0.335 e. The van der Waals surface area contributed by atoms with Crippen molar-refractivity contribution in [3.05, 3.63) is 35.4 Å². The highest BCUT2D eigenvalue weighted by Gasteiger charge is 2.29. The average Bonchev–Trinajstić information content (AvgIpc) is 2.38. The molecule has 0 aromatic heterocycles. The van der Waals surface area contributed by atoms with Crippen LogP contribution in [0.4, 0.5) is 0 Å². The largest absolute Gasteiger partial charge is 0.478 e. The highest BCUT2D eigenvalue weighted by Crippen LogP contribution is 2.15. The Kier molecular flexibility index (Phi) is 4.35. The number of carboxylic acids is 1.